The normalized spacial score (nSPS) is 25.5. The quantitative estimate of drug-likeness (QED) is 0.844. The lowest BCUT2D eigenvalue weighted by atomic mass is 9.82. The Morgan fingerprint density at radius 3 is 2.74 bits per heavy atom. The second kappa shape index (κ2) is 5.01. The van der Waals surface area contributed by atoms with Gasteiger partial charge in [-0.15, -0.1) is 0 Å². The highest BCUT2D eigenvalue weighted by atomic mass is 16.2. The van der Waals surface area contributed by atoms with Crippen LogP contribution in [0.2, 0.25) is 0 Å². The number of allylic oxidation sites excluding steroid dienone is 2. The van der Waals surface area contributed by atoms with Gasteiger partial charge in [0, 0.05) is 24.0 Å². The van der Waals surface area contributed by atoms with E-state index in [9.17, 15) is 9.59 Å². The van der Waals surface area contributed by atoms with E-state index in [4.69, 9.17) is 0 Å². The molecule has 4 rings (SSSR count). The molecule has 1 aromatic carbocycles. The number of rotatable bonds is 1. The molecule has 1 aliphatic carbocycles. The van der Waals surface area contributed by atoms with Crippen molar-refractivity contribution in [2.45, 2.75) is 37.6 Å². The zero-order valence-corrected chi connectivity index (χ0v) is 13.1. The molecule has 0 amide bonds. The van der Waals surface area contributed by atoms with Gasteiger partial charge in [-0.2, -0.15) is 0 Å². The van der Waals surface area contributed by atoms with Crippen LogP contribution in [0.25, 0.3) is 0 Å². The average molecular weight is 312 g/mol. The molecule has 1 aromatic heterocycles. The standard InChI is InChI=1S/C17H20N4O2/c1-20-15(22)19-21(16(20)23)17-11-7-3-2-4-10-14(17)18-13-9-6-5-8-12(13)17/h5-6,8-10,18H,2-4,7,11H2,1H3,(H,19,22)/b14-10+. The number of para-hydroxylation sites is 1. The zero-order chi connectivity index (χ0) is 16.0. The first-order valence-corrected chi connectivity index (χ1v) is 8.10. The number of H-pyrrole nitrogens is 1. The van der Waals surface area contributed by atoms with E-state index in [-0.39, 0.29) is 11.4 Å². The van der Waals surface area contributed by atoms with Crippen LogP contribution >= 0.6 is 0 Å². The summed E-state index contributed by atoms with van der Waals surface area (Å²) < 4.78 is 2.65. The summed E-state index contributed by atoms with van der Waals surface area (Å²) >= 11 is 0. The number of hydrogen-bond acceptors (Lipinski definition) is 3. The zero-order valence-electron chi connectivity index (χ0n) is 13.1. The van der Waals surface area contributed by atoms with Crippen LogP contribution < -0.4 is 16.7 Å². The first-order chi connectivity index (χ1) is 11.1. The summed E-state index contributed by atoms with van der Waals surface area (Å²) in [4.78, 5) is 24.7. The molecule has 1 unspecified atom stereocenters. The highest BCUT2D eigenvalue weighted by Crippen LogP contribution is 2.47. The molecule has 0 bridgehead atoms. The third kappa shape index (κ3) is 1.87. The van der Waals surface area contributed by atoms with Gasteiger partial charge in [-0.05, 0) is 25.3 Å². The molecule has 0 saturated heterocycles. The van der Waals surface area contributed by atoms with E-state index in [0.717, 1.165) is 53.6 Å². The molecule has 2 N–H and O–H groups in total. The number of anilines is 1. The lowest BCUT2D eigenvalue weighted by molar-refractivity contribution is 0.332. The molecule has 120 valence electrons. The molecule has 0 radical (unpaired) electrons. The van der Waals surface area contributed by atoms with Gasteiger partial charge in [0.25, 0.3) is 0 Å². The molecule has 1 aliphatic heterocycles. The van der Waals surface area contributed by atoms with Crippen LogP contribution in [0.15, 0.2) is 45.6 Å². The maximum absolute atomic E-state index is 12.7. The van der Waals surface area contributed by atoms with E-state index in [1.165, 1.54) is 11.7 Å². The number of benzene rings is 1. The Balaban J connectivity index is 2.06. The Kier molecular flexibility index (Phi) is 3.07. The molecule has 0 fully saturated rings. The van der Waals surface area contributed by atoms with Crippen LogP contribution in [0.1, 0.15) is 37.7 Å². The van der Waals surface area contributed by atoms with Gasteiger partial charge in [-0.25, -0.2) is 23.9 Å². The number of aromatic amines is 1. The highest BCUT2D eigenvalue weighted by molar-refractivity contribution is 5.68. The Labute approximate surface area is 133 Å². The van der Waals surface area contributed by atoms with Crippen LogP contribution in [-0.4, -0.2) is 14.3 Å². The molecule has 2 heterocycles. The predicted molar refractivity (Wildman–Crippen MR) is 88.6 cm³/mol. The van der Waals surface area contributed by atoms with Crippen molar-refractivity contribution in [1.29, 1.82) is 0 Å². The van der Waals surface area contributed by atoms with Gasteiger partial charge in [0.2, 0.25) is 0 Å². The minimum atomic E-state index is -0.630. The fourth-order valence-electron chi connectivity index (χ4n) is 3.85. The minimum absolute atomic E-state index is 0.306. The van der Waals surface area contributed by atoms with Crippen molar-refractivity contribution in [3.63, 3.8) is 0 Å². The van der Waals surface area contributed by atoms with Crippen LogP contribution in [0, 0.1) is 0 Å². The maximum Gasteiger partial charge on any atom is 0.347 e. The third-order valence-electron chi connectivity index (χ3n) is 5.05. The van der Waals surface area contributed by atoms with Crippen LogP contribution in [0.5, 0.6) is 0 Å². The number of hydrogen-bond donors (Lipinski definition) is 2. The topological polar surface area (TPSA) is 71.8 Å². The van der Waals surface area contributed by atoms with Crippen molar-refractivity contribution < 1.29 is 0 Å². The first kappa shape index (κ1) is 14.1. The largest absolute Gasteiger partial charge is 0.357 e. The van der Waals surface area contributed by atoms with E-state index >= 15 is 0 Å². The van der Waals surface area contributed by atoms with Gasteiger partial charge >= 0.3 is 11.4 Å². The SMILES string of the molecule is Cn1c(=O)[nH]n(C23CCCCC/C=C\2Nc2ccccc23)c1=O. The van der Waals surface area contributed by atoms with Crippen LogP contribution in [0.3, 0.4) is 0 Å². The van der Waals surface area contributed by atoms with Crippen molar-refractivity contribution in [2.24, 2.45) is 7.05 Å². The van der Waals surface area contributed by atoms with Crippen molar-refractivity contribution in [3.05, 3.63) is 62.6 Å². The second-order valence-electron chi connectivity index (χ2n) is 6.34. The molecule has 2 aromatic rings. The van der Waals surface area contributed by atoms with Crippen molar-refractivity contribution >= 4 is 5.69 Å². The van der Waals surface area contributed by atoms with Crippen LogP contribution in [0.4, 0.5) is 5.69 Å². The molecule has 1 atom stereocenters. The summed E-state index contributed by atoms with van der Waals surface area (Å²) in [6.07, 6.45) is 7.23. The first-order valence-electron chi connectivity index (χ1n) is 8.10. The summed E-state index contributed by atoms with van der Waals surface area (Å²) in [5.74, 6) is 0. The van der Waals surface area contributed by atoms with Gasteiger partial charge in [0.15, 0.2) is 0 Å². The predicted octanol–water partition coefficient (Wildman–Crippen LogP) is 1.89. The summed E-state index contributed by atoms with van der Waals surface area (Å²) in [5, 5.41) is 6.23. The van der Waals surface area contributed by atoms with E-state index in [2.05, 4.69) is 16.5 Å². The van der Waals surface area contributed by atoms with Crippen molar-refractivity contribution in [1.82, 2.24) is 14.3 Å². The van der Waals surface area contributed by atoms with Gasteiger partial charge < -0.3 is 5.32 Å². The summed E-state index contributed by atoms with van der Waals surface area (Å²) in [6, 6.07) is 8.03. The summed E-state index contributed by atoms with van der Waals surface area (Å²) in [7, 11) is 1.51. The van der Waals surface area contributed by atoms with Gasteiger partial charge in [0.05, 0.1) is 0 Å². The van der Waals surface area contributed by atoms with E-state index in [1.54, 1.807) is 0 Å². The van der Waals surface area contributed by atoms with Crippen molar-refractivity contribution in [2.75, 3.05) is 5.32 Å². The molecule has 0 saturated carbocycles. The van der Waals surface area contributed by atoms with Gasteiger partial charge in [-0.3, -0.25) is 0 Å². The van der Waals surface area contributed by atoms with E-state index in [0.29, 0.717) is 0 Å². The molecule has 2 aliphatic rings. The van der Waals surface area contributed by atoms with Gasteiger partial charge in [-0.1, -0.05) is 37.1 Å². The summed E-state index contributed by atoms with van der Waals surface area (Å²) in [6.45, 7) is 0. The van der Waals surface area contributed by atoms with Crippen LogP contribution in [-0.2, 0) is 12.6 Å². The molecule has 23 heavy (non-hydrogen) atoms. The highest BCUT2D eigenvalue weighted by Gasteiger charge is 2.46. The number of fused-ring (bicyclic) bond motifs is 3. The molecular formula is C17H20N4O2. The van der Waals surface area contributed by atoms with Gasteiger partial charge in [0.1, 0.15) is 5.54 Å². The molecule has 0 spiro atoms. The number of nitrogens with zero attached hydrogens (tertiary/aromatic N) is 2. The van der Waals surface area contributed by atoms with E-state index < -0.39 is 5.54 Å². The lowest BCUT2D eigenvalue weighted by Gasteiger charge is -2.32. The van der Waals surface area contributed by atoms with E-state index in [1.807, 2.05) is 24.3 Å². The monoisotopic (exact) mass is 312 g/mol. The summed E-state index contributed by atoms with van der Waals surface area (Å²) in [5.41, 5.74) is 1.75. The maximum atomic E-state index is 12.7. The number of nitrogens with one attached hydrogen (secondary N) is 2. The lowest BCUT2D eigenvalue weighted by Crippen LogP contribution is -2.43. The fourth-order valence-corrected chi connectivity index (χ4v) is 3.85. The second-order valence-corrected chi connectivity index (χ2v) is 6.34. The average Bonchev–Trinajstić information content (AvgIpc) is 2.97. The Morgan fingerprint density at radius 2 is 1.96 bits per heavy atom. The fraction of sp³-hybridized carbons (Fsp3) is 0.412. The van der Waals surface area contributed by atoms with Crippen molar-refractivity contribution in [3.8, 4) is 0 Å². The smallest absolute Gasteiger partial charge is 0.347 e. The number of aromatic nitrogens is 3. The Bertz CT molecular complexity index is 902. The third-order valence-corrected chi connectivity index (χ3v) is 5.05. The Morgan fingerprint density at radius 1 is 1.13 bits per heavy atom. The Hall–Kier alpha value is -2.50. The molecule has 6 nitrogen and oxygen atoms in total. The molecule has 6 heteroatoms. The molecular weight excluding hydrogens is 292 g/mol. The minimum Gasteiger partial charge on any atom is -0.357 e.